The highest BCUT2D eigenvalue weighted by molar-refractivity contribution is 5.97. The number of carbonyl (C=O) groups is 1. The van der Waals surface area contributed by atoms with Crippen molar-refractivity contribution >= 4 is 11.9 Å². The van der Waals surface area contributed by atoms with Crippen LogP contribution in [-0.2, 0) is 6.54 Å². The molecule has 0 aliphatic heterocycles. The van der Waals surface area contributed by atoms with E-state index < -0.39 is 0 Å². The van der Waals surface area contributed by atoms with Crippen molar-refractivity contribution in [1.29, 1.82) is 0 Å². The second kappa shape index (κ2) is 9.34. The summed E-state index contributed by atoms with van der Waals surface area (Å²) in [7, 11) is 3.25. The standard InChI is InChI=1S/C25H24N4O3/c1-17-4-8-20(9-5-17)24(30)29-25(26-16-18-6-12-21(31-2)13-7-18)27-23(28-29)19-10-14-22(32-3)15-11-19/h4-15H,16H2,1-3H3,(H,26,27,28). The molecule has 0 amide bonds. The topological polar surface area (TPSA) is 78.3 Å². The fourth-order valence-corrected chi connectivity index (χ4v) is 3.17. The van der Waals surface area contributed by atoms with Crippen LogP contribution in [0.2, 0.25) is 0 Å². The smallest absolute Gasteiger partial charge is 0.281 e. The first kappa shape index (κ1) is 21.1. The van der Waals surface area contributed by atoms with Crippen molar-refractivity contribution in [3.8, 4) is 22.9 Å². The van der Waals surface area contributed by atoms with Gasteiger partial charge in [-0.15, -0.1) is 5.10 Å². The molecule has 1 N–H and O–H groups in total. The van der Waals surface area contributed by atoms with Crippen molar-refractivity contribution in [2.45, 2.75) is 13.5 Å². The highest BCUT2D eigenvalue weighted by Gasteiger charge is 2.19. The molecule has 0 fully saturated rings. The van der Waals surface area contributed by atoms with Crippen LogP contribution in [0.4, 0.5) is 5.95 Å². The van der Waals surface area contributed by atoms with Gasteiger partial charge in [-0.05, 0) is 61.0 Å². The molecule has 0 spiro atoms. The Morgan fingerprint density at radius 1 is 0.875 bits per heavy atom. The van der Waals surface area contributed by atoms with Gasteiger partial charge in [-0.1, -0.05) is 29.8 Å². The van der Waals surface area contributed by atoms with Crippen molar-refractivity contribution < 1.29 is 14.3 Å². The Morgan fingerprint density at radius 2 is 1.47 bits per heavy atom. The third-order valence-electron chi connectivity index (χ3n) is 5.06. The van der Waals surface area contributed by atoms with Gasteiger partial charge in [0.15, 0.2) is 5.82 Å². The molecule has 7 nitrogen and oxygen atoms in total. The van der Waals surface area contributed by atoms with Crippen LogP contribution in [0.5, 0.6) is 11.5 Å². The minimum Gasteiger partial charge on any atom is -0.497 e. The molecule has 0 saturated carbocycles. The first-order valence-electron chi connectivity index (χ1n) is 10.2. The van der Waals surface area contributed by atoms with Gasteiger partial charge in [0.25, 0.3) is 5.91 Å². The number of hydrogen-bond acceptors (Lipinski definition) is 6. The van der Waals surface area contributed by atoms with Gasteiger partial charge >= 0.3 is 0 Å². The van der Waals surface area contributed by atoms with Crippen LogP contribution >= 0.6 is 0 Å². The van der Waals surface area contributed by atoms with Gasteiger partial charge < -0.3 is 14.8 Å². The maximum atomic E-state index is 13.2. The number of methoxy groups -OCH3 is 2. The van der Waals surface area contributed by atoms with Gasteiger partial charge in [-0.2, -0.15) is 9.67 Å². The van der Waals surface area contributed by atoms with Crippen LogP contribution in [0.3, 0.4) is 0 Å². The molecule has 7 heteroatoms. The second-order valence-electron chi connectivity index (χ2n) is 7.27. The summed E-state index contributed by atoms with van der Waals surface area (Å²) in [6.45, 7) is 2.46. The average Bonchev–Trinajstić information content (AvgIpc) is 3.27. The molecule has 0 aliphatic carbocycles. The van der Waals surface area contributed by atoms with Gasteiger partial charge in [-0.25, -0.2) is 0 Å². The fraction of sp³-hybridized carbons (Fsp3) is 0.160. The Kier molecular flexibility index (Phi) is 6.17. The molecule has 162 valence electrons. The summed E-state index contributed by atoms with van der Waals surface area (Å²) in [5.74, 6) is 2.09. The third-order valence-corrected chi connectivity index (χ3v) is 5.06. The van der Waals surface area contributed by atoms with E-state index in [1.807, 2.05) is 67.6 Å². The van der Waals surface area contributed by atoms with Crippen LogP contribution in [0.15, 0.2) is 72.8 Å². The fourth-order valence-electron chi connectivity index (χ4n) is 3.17. The van der Waals surface area contributed by atoms with Gasteiger partial charge in [0.05, 0.1) is 14.2 Å². The van der Waals surface area contributed by atoms with E-state index in [1.165, 1.54) is 4.68 Å². The van der Waals surface area contributed by atoms with Crippen LogP contribution < -0.4 is 14.8 Å². The zero-order valence-corrected chi connectivity index (χ0v) is 18.2. The number of aromatic nitrogens is 3. The Balaban J connectivity index is 1.65. The number of benzene rings is 3. The molecule has 0 bridgehead atoms. The number of anilines is 1. The molecule has 4 aromatic rings. The highest BCUT2D eigenvalue weighted by atomic mass is 16.5. The molecule has 3 aromatic carbocycles. The van der Waals surface area contributed by atoms with Crippen molar-refractivity contribution in [3.63, 3.8) is 0 Å². The summed E-state index contributed by atoms with van der Waals surface area (Å²) in [6, 6.07) is 22.5. The Labute approximate surface area is 186 Å². The molecule has 0 atom stereocenters. The maximum absolute atomic E-state index is 13.2. The lowest BCUT2D eigenvalue weighted by molar-refractivity contribution is 0.0947. The van der Waals surface area contributed by atoms with Gasteiger partial charge in [0.2, 0.25) is 5.95 Å². The first-order valence-corrected chi connectivity index (χ1v) is 10.2. The van der Waals surface area contributed by atoms with E-state index in [0.717, 1.165) is 28.2 Å². The van der Waals surface area contributed by atoms with E-state index >= 15 is 0 Å². The number of nitrogens with zero attached hydrogens (tertiary/aromatic N) is 3. The van der Waals surface area contributed by atoms with E-state index in [-0.39, 0.29) is 5.91 Å². The van der Waals surface area contributed by atoms with Gasteiger partial charge in [-0.3, -0.25) is 4.79 Å². The summed E-state index contributed by atoms with van der Waals surface area (Å²) < 4.78 is 11.7. The minimum atomic E-state index is -0.255. The van der Waals surface area contributed by atoms with E-state index in [0.29, 0.717) is 23.9 Å². The molecular weight excluding hydrogens is 404 g/mol. The first-order chi connectivity index (χ1) is 15.6. The number of carbonyl (C=O) groups excluding carboxylic acids is 1. The number of rotatable bonds is 7. The number of ether oxygens (including phenoxy) is 2. The molecule has 4 rings (SSSR count). The molecule has 1 heterocycles. The van der Waals surface area contributed by atoms with E-state index in [9.17, 15) is 4.79 Å². The summed E-state index contributed by atoms with van der Waals surface area (Å²) in [5.41, 5.74) is 3.43. The summed E-state index contributed by atoms with van der Waals surface area (Å²) in [6.07, 6.45) is 0. The van der Waals surface area contributed by atoms with Crippen LogP contribution in [0.1, 0.15) is 21.5 Å². The normalized spacial score (nSPS) is 10.6. The van der Waals surface area contributed by atoms with Crippen molar-refractivity contribution in [3.05, 3.63) is 89.5 Å². The van der Waals surface area contributed by atoms with E-state index in [4.69, 9.17) is 9.47 Å². The molecule has 0 aliphatic rings. The summed E-state index contributed by atoms with van der Waals surface area (Å²) in [5, 5.41) is 7.75. The number of nitrogens with one attached hydrogen (secondary N) is 1. The lowest BCUT2D eigenvalue weighted by Gasteiger charge is -2.08. The van der Waals surface area contributed by atoms with Crippen LogP contribution in [0.25, 0.3) is 11.4 Å². The molecule has 32 heavy (non-hydrogen) atoms. The monoisotopic (exact) mass is 428 g/mol. The Bertz CT molecular complexity index is 1200. The molecule has 0 saturated heterocycles. The molecular formula is C25H24N4O3. The third kappa shape index (κ3) is 4.62. The van der Waals surface area contributed by atoms with E-state index in [1.54, 1.807) is 26.4 Å². The number of hydrogen-bond donors (Lipinski definition) is 1. The quantitative estimate of drug-likeness (QED) is 0.465. The predicted molar refractivity (Wildman–Crippen MR) is 123 cm³/mol. The maximum Gasteiger partial charge on any atom is 0.281 e. The largest absolute Gasteiger partial charge is 0.497 e. The zero-order valence-electron chi connectivity index (χ0n) is 18.2. The average molecular weight is 428 g/mol. The van der Waals surface area contributed by atoms with Crippen LogP contribution in [-0.4, -0.2) is 34.9 Å². The summed E-state index contributed by atoms with van der Waals surface area (Å²) >= 11 is 0. The van der Waals surface area contributed by atoms with Crippen molar-refractivity contribution in [2.24, 2.45) is 0 Å². The second-order valence-corrected chi connectivity index (χ2v) is 7.27. The lowest BCUT2D eigenvalue weighted by atomic mass is 10.1. The molecule has 0 unspecified atom stereocenters. The number of aryl methyl sites for hydroxylation is 1. The van der Waals surface area contributed by atoms with E-state index in [2.05, 4.69) is 15.4 Å². The Hall–Kier alpha value is -4.13. The SMILES string of the molecule is COc1ccc(CNc2nc(-c3ccc(OC)cc3)nn2C(=O)c2ccc(C)cc2)cc1. The van der Waals surface area contributed by atoms with Gasteiger partial charge in [0.1, 0.15) is 11.5 Å². The van der Waals surface area contributed by atoms with Gasteiger partial charge in [0, 0.05) is 17.7 Å². The molecule has 0 radical (unpaired) electrons. The molecule has 1 aromatic heterocycles. The Morgan fingerprint density at radius 3 is 2.06 bits per heavy atom. The highest BCUT2D eigenvalue weighted by Crippen LogP contribution is 2.22. The van der Waals surface area contributed by atoms with Crippen LogP contribution in [0, 0.1) is 6.92 Å². The minimum absolute atomic E-state index is 0.255. The van der Waals surface area contributed by atoms with Crippen molar-refractivity contribution in [1.82, 2.24) is 14.8 Å². The zero-order chi connectivity index (χ0) is 22.5. The lowest BCUT2D eigenvalue weighted by Crippen LogP contribution is -2.17. The van der Waals surface area contributed by atoms with Crippen molar-refractivity contribution in [2.75, 3.05) is 19.5 Å². The summed E-state index contributed by atoms with van der Waals surface area (Å²) in [4.78, 5) is 17.8. The predicted octanol–water partition coefficient (Wildman–Crippen LogP) is 4.57.